The third-order valence-electron chi connectivity index (χ3n) is 2.17. The summed E-state index contributed by atoms with van der Waals surface area (Å²) >= 11 is 1.50. The number of benzene rings is 1. The number of rotatable bonds is 8. The quantitative estimate of drug-likeness (QED) is 0.331. The molecule has 0 amide bonds. The number of nitrogen functional groups attached to an aromatic ring is 1. The molecule has 0 saturated carbocycles. The van der Waals surface area contributed by atoms with Gasteiger partial charge in [-0.1, -0.05) is 6.08 Å². The Morgan fingerprint density at radius 3 is 2.61 bits per heavy atom. The molecular weight excluding hydrogens is 268 g/mol. The van der Waals surface area contributed by atoms with Gasteiger partial charge < -0.3 is 5.73 Å². The van der Waals surface area contributed by atoms with Gasteiger partial charge in [0.2, 0.25) is 10.0 Å². The summed E-state index contributed by atoms with van der Waals surface area (Å²) in [5.41, 5.74) is 6.28. The number of nitrogens with two attached hydrogens (primary N) is 1. The van der Waals surface area contributed by atoms with Gasteiger partial charge in [0.25, 0.3) is 0 Å². The molecule has 0 atom stereocenters. The molecule has 0 heterocycles. The lowest BCUT2D eigenvalue weighted by Crippen LogP contribution is -2.28. The van der Waals surface area contributed by atoms with Crippen molar-refractivity contribution in [3.63, 3.8) is 0 Å². The first-order chi connectivity index (χ1) is 8.53. The van der Waals surface area contributed by atoms with E-state index in [0.29, 0.717) is 24.4 Å². The monoisotopic (exact) mass is 286 g/mol. The maximum atomic E-state index is 11.6. The Bertz CT molecular complexity index is 469. The van der Waals surface area contributed by atoms with E-state index in [2.05, 4.69) is 11.3 Å². The number of thioether (sulfide) groups is 1. The van der Waals surface area contributed by atoms with E-state index in [-0.39, 0.29) is 5.75 Å². The first kappa shape index (κ1) is 15.1. The fraction of sp³-hybridized carbons (Fsp3) is 0.333. The standard InChI is InChI=1S/C12H18N2O2S2/c1-2-3-8-14-18(15,16)10-9-17-12-6-4-11(13)5-7-12/h2,4-7,14H,1,3,8-10,13H2. The van der Waals surface area contributed by atoms with Gasteiger partial charge in [-0.05, 0) is 30.7 Å². The molecular formula is C12H18N2O2S2. The van der Waals surface area contributed by atoms with Gasteiger partial charge in [0.15, 0.2) is 0 Å². The van der Waals surface area contributed by atoms with E-state index in [1.165, 1.54) is 11.8 Å². The van der Waals surface area contributed by atoms with E-state index in [1.54, 1.807) is 18.2 Å². The third-order valence-corrected chi connectivity index (χ3v) is 4.83. The van der Waals surface area contributed by atoms with Crippen LogP contribution in [-0.4, -0.2) is 26.5 Å². The van der Waals surface area contributed by atoms with Gasteiger partial charge in [-0.2, -0.15) is 0 Å². The molecule has 100 valence electrons. The Morgan fingerprint density at radius 2 is 2.00 bits per heavy atom. The predicted molar refractivity (Wildman–Crippen MR) is 78.2 cm³/mol. The van der Waals surface area contributed by atoms with Crippen molar-refractivity contribution in [3.05, 3.63) is 36.9 Å². The van der Waals surface area contributed by atoms with Gasteiger partial charge >= 0.3 is 0 Å². The minimum absolute atomic E-state index is 0.110. The van der Waals surface area contributed by atoms with Crippen LogP contribution in [0.25, 0.3) is 0 Å². The lowest BCUT2D eigenvalue weighted by atomic mass is 10.3. The van der Waals surface area contributed by atoms with Crippen LogP contribution in [0.2, 0.25) is 0 Å². The van der Waals surface area contributed by atoms with Crippen LogP contribution >= 0.6 is 11.8 Å². The summed E-state index contributed by atoms with van der Waals surface area (Å²) in [6.45, 7) is 3.96. The summed E-state index contributed by atoms with van der Waals surface area (Å²) in [4.78, 5) is 1.02. The highest BCUT2D eigenvalue weighted by Gasteiger charge is 2.08. The Hall–Kier alpha value is -0.980. The van der Waals surface area contributed by atoms with Crippen LogP contribution in [0.5, 0.6) is 0 Å². The van der Waals surface area contributed by atoms with Gasteiger partial charge in [0.1, 0.15) is 0 Å². The highest BCUT2D eigenvalue weighted by molar-refractivity contribution is 8.00. The Morgan fingerprint density at radius 1 is 1.33 bits per heavy atom. The molecule has 0 bridgehead atoms. The molecule has 18 heavy (non-hydrogen) atoms. The van der Waals surface area contributed by atoms with Crippen LogP contribution in [0.15, 0.2) is 41.8 Å². The molecule has 1 aromatic rings. The maximum absolute atomic E-state index is 11.6. The van der Waals surface area contributed by atoms with E-state index < -0.39 is 10.0 Å². The lowest BCUT2D eigenvalue weighted by Gasteiger charge is -2.05. The molecule has 0 aromatic heterocycles. The van der Waals surface area contributed by atoms with Crippen molar-refractivity contribution < 1.29 is 8.42 Å². The zero-order chi connectivity index (χ0) is 13.4. The molecule has 0 aliphatic heterocycles. The molecule has 0 saturated heterocycles. The topological polar surface area (TPSA) is 72.2 Å². The number of nitrogens with one attached hydrogen (secondary N) is 1. The highest BCUT2D eigenvalue weighted by atomic mass is 32.2. The van der Waals surface area contributed by atoms with Crippen molar-refractivity contribution in [3.8, 4) is 0 Å². The van der Waals surface area contributed by atoms with Crippen LogP contribution < -0.4 is 10.5 Å². The molecule has 0 unspecified atom stereocenters. The Labute approximate surface area is 113 Å². The van der Waals surface area contributed by atoms with Crippen molar-refractivity contribution in [2.75, 3.05) is 23.8 Å². The second-order valence-corrected chi connectivity index (χ2v) is 6.80. The second-order valence-electron chi connectivity index (χ2n) is 3.71. The van der Waals surface area contributed by atoms with Crippen LogP contribution in [0.4, 0.5) is 5.69 Å². The summed E-state index contributed by atoms with van der Waals surface area (Å²) in [7, 11) is -3.18. The molecule has 0 radical (unpaired) electrons. The van der Waals surface area contributed by atoms with Gasteiger partial charge in [0, 0.05) is 22.9 Å². The van der Waals surface area contributed by atoms with Gasteiger partial charge in [0.05, 0.1) is 5.75 Å². The zero-order valence-electron chi connectivity index (χ0n) is 10.1. The minimum atomic E-state index is -3.18. The predicted octanol–water partition coefficient (Wildman–Crippen LogP) is 1.86. The van der Waals surface area contributed by atoms with Crippen molar-refractivity contribution >= 4 is 27.5 Å². The van der Waals surface area contributed by atoms with Gasteiger partial charge in [-0.3, -0.25) is 0 Å². The third kappa shape index (κ3) is 6.09. The summed E-state index contributed by atoms with van der Waals surface area (Å²) in [5.74, 6) is 0.631. The number of anilines is 1. The second kappa shape index (κ2) is 7.45. The molecule has 0 spiro atoms. The molecule has 0 fully saturated rings. The molecule has 3 N–H and O–H groups in total. The minimum Gasteiger partial charge on any atom is -0.399 e. The van der Waals surface area contributed by atoms with E-state index in [4.69, 9.17) is 5.73 Å². The maximum Gasteiger partial charge on any atom is 0.212 e. The van der Waals surface area contributed by atoms with Crippen molar-refractivity contribution in [1.29, 1.82) is 0 Å². The molecule has 1 aromatic carbocycles. The van der Waals surface area contributed by atoms with Crippen LogP contribution in [0.3, 0.4) is 0 Å². The normalized spacial score (nSPS) is 11.3. The summed E-state index contributed by atoms with van der Waals surface area (Å²) < 4.78 is 25.7. The van der Waals surface area contributed by atoms with Crippen molar-refractivity contribution in [1.82, 2.24) is 4.72 Å². The fourth-order valence-electron chi connectivity index (χ4n) is 1.22. The molecule has 6 heteroatoms. The smallest absolute Gasteiger partial charge is 0.212 e. The van der Waals surface area contributed by atoms with E-state index >= 15 is 0 Å². The highest BCUT2D eigenvalue weighted by Crippen LogP contribution is 2.19. The fourth-order valence-corrected chi connectivity index (χ4v) is 3.57. The summed E-state index contributed by atoms with van der Waals surface area (Å²) in [5, 5.41) is 0. The SMILES string of the molecule is C=CCCNS(=O)(=O)CCSc1ccc(N)cc1. The average molecular weight is 286 g/mol. The van der Waals surface area contributed by atoms with Crippen molar-refractivity contribution in [2.45, 2.75) is 11.3 Å². The Kier molecular flexibility index (Phi) is 6.24. The lowest BCUT2D eigenvalue weighted by molar-refractivity contribution is 0.584. The molecule has 4 nitrogen and oxygen atoms in total. The first-order valence-corrected chi connectivity index (χ1v) is 8.24. The van der Waals surface area contributed by atoms with Crippen LogP contribution in [0.1, 0.15) is 6.42 Å². The van der Waals surface area contributed by atoms with Crippen LogP contribution in [-0.2, 0) is 10.0 Å². The van der Waals surface area contributed by atoms with E-state index in [1.807, 2.05) is 12.1 Å². The largest absolute Gasteiger partial charge is 0.399 e. The number of hydrogen-bond donors (Lipinski definition) is 2. The van der Waals surface area contributed by atoms with Gasteiger partial charge in [-0.25, -0.2) is 13.1 Å². The average Bonchev–Trinajstić information content (AvgIpc) is 2.32. The van der Waals surface area contributed by atoms with Crippen molar-refractivity contribution in [2.24, 2.45) is 0 Å². The van der Waals surface area contributed by atoms with Gasteiger partial charge in [-0.15, -0.1) is 18.3 Å². The Balaban J connectivity index is 2.32. The zero-order valence-corrected chi connectivity index (χ0v) is 11.8. The summed E-state index contributed by atoms with van der Waals surface area (Å²) in [6.07, 6.45) is 2.33. The molecule has 0 aliphatic carbocycles. The first-order valence-electron chi connectivity index (χ1n) is 5.60. The molecule has 0 aliphatic rings. The van der Waals surface area contributed by atoms with E-state index in [0.717, 1.165) is 4.90 Å². The summed E-state index contributed by atoms with van der Waals surface area (Å²) in [6, 6.07) is 7.38. The van der Waals surface area contributed by atoms with E-state index in [9.17, 15) is 8.42 Å². The number of hydrogen-bond acceptors (Lipinski definition) is 4. The molecule has 1 rings (SSSR count). The van der Waals surface area contributed by atoms with Crippen LogP contribution in [0, 0.1) is 0 Å². The number of sulfonamides is 1.